The van der Waals surface area contributed by atoms with Gasteiger partial charge in [0.1, 0.15) is 45.7 Å². The van der Waals surface area contributed by atoms with E-state index < -0.39 is 28.3 Å². The van der Waals surface area contributed by atoms with Gasteiger partial charge in [0.05, 0.1) is 10.0 Å². The van der Waals surface area contributed by atoms with Crippen molar-refractivity contribution < 1.29 is 30.7 Å². The van der Waals surface area contributed by atoms with E-state index in [0.29, 0.717) is 28.5 Å². The molecule has 0 saturated heterocycles. The summed E-state index contributed by atoms with van der Waals surface area (Å²) in [5.41, 5.74) is 3.93. The summed E-state index contributed by atoms with van der Waals surface area (Å²) in [7, 11) is 0. The highest BCUT2D eigenvalue weighted by atomic mass is 35.5. The van der Waals surface area contributed by atoms with Crippen molar-refractivity contribution in [2.75, 3.05) is 0 Å². The van der Waals surface area contributed by atoms with Gasteiger partial charge in [-0.1, -0.05) is 147 Å². The van der Waals surface area contributed by atoms with Gasteiger partial charge in [0.25, 0.3) is 0 Å². The van der Waals surface area contributed by atoms with E-state index in [2.05, 4.69) is 13.8 Å². The van der Waals surface area contributed by atoms with Crippen molar-refractivity contribution in [3.05, 3.63) is 175 Å². The molecule has 0 spiro atoms. The maximum absolute atomic E-state index is 13.1. The third-order valence-electron chi connectivity index (χ3n) is 8.02. The van der Waals surface area contributed by atoms with Gasteiger partial charge in [-0.3, -0.25) is 0 Å². The molecule has 0 nitrogen and oxygen atoms in total. The van der Waals surface area contributed by atoms with Crippen LogP contribution in [0, 0.1) is 40.7 Å². The Balaban J connectivity index is 0.000000344. The Hall–Kier alpha value is -3.52. The van der Waals surface area contributed by atoms with Crippen LogP contribution in [0.1, 0.15) is 127 Å². The van der Waals surface area contributed by atoms with E-state index in [-0.39, 0.29) is 45.3 Å². The van der Waals surface area contributed by atoms with Crippen molar-refractivity contribution >= 4 is 34.8 Å². The van der Waals surface area contributed by atoms with E-state index in [0.717, 1.165) is 11.6 Å². The van der Waals surface area contributed by atoms with E-state index in [9.17, 15) is 30.7 Å². The topological polar surface area (TPSA) is 0 Å². The second-order valence-corrected chi connectivity index (χ2v) is 15.3. The Morgan fingerprint density at radius 2 is 0.818 bits per heavy atom. The number of halogens is 10. The Kier molecular flexibility index (Phi) is 21.8. The number of benzene rings is 5. The van der Waals surface area contributed by atoms with Crippen LogP contribution in [-0.2, 0) is 0 Å². The predicted molar refractivity (Wildman–Crippen MR) is 217 cm³/mol. The molecule has 300 valence electrons. The van der Waals surface area contributed by atoms with Crippen LogP contribution in [-0.4, -0.2) is 0 Å². The summed E-state index contributed by atoms with van der Waals surface area (Å²) in [5.74, 6) is -1.94. The second-order valence-electron chi connectivity index (χ2n) is 14.1. The van der Waals surface area contributed by atoms with Crippen LogP contribution in [0.3, 0.4) is 0 Å². The molecule has 0 N–H and O–H groups in total. The molecule has 0 aliphatic rings. The number of rotatable bonds is 5. The molecule has 0 fully saturated rings. The van der Waals surface area contributed by atoms with Crippen LogP contribution in [0.15, 0.2) is 91.0 Å². The molecule has 5 aromatic carbocycles. The van der Waals surface area contributed by atoms with E-state index >= 15 is 0 Å². The SMILES string of the molecule is CC(C)c1ccc(F)c(Cl)c1.CC(C)c1ccc(F)c(Cl)c1F.CC(C)c1ccc(F)cc1.CC(C)c1ccc(F)cc1F.CC(C)c1cccc(Cl)c1F. The summed E-state index contributed by atoms with van der Waals surface area (Å²) >= 11 is 16.5. The first-order valence-corrected chi connectivity index (χ1v) is 18.9. The van der Waals surface area contributed by atoms with Gasteiger partial charge in [0.2, 0.25) is 0 Å². The Labute approximate surface area is 337 Å². The van der Waals surface area contributed by atoms with Crippen molar-refractivity contribution in [1.29, 1.82) is 0 Å². The van der Waals surface area contributed by atoms with Crippen molar-refractivity contribution in [1.82, 2.24) is 0 Å². The molecule has 0 radical (unpaired) electrons. The molecule has 0 amide bonds. The molecule has 55 heavy (non-hydrogen) atoms. The van der Waals surface area contributed by atoms with Gasteiger partial charge in [-0.15, -0.1) is 0 Å². The number of hydrogen-bond acceptors (Lipinski definition) is 0. The summed E-state index contributed by atoms with van der Waals surface area (Å²) in [4.78, 5) is 0. The highest BCUT2D eigenvalue weighted by Gasteiger charge is 2.13. The first kappa shape index (κ1) is 49.5. The normalized spacial score (nSPS) is 10.6. The van der Waals surface area contributed by atoms with Crippen molar-refractivity contribution in [2.45, 2.75) is 98.8 Å². The van der Waals surface area contributed by atoms with Crippen molar-refractivity contribution in [3.63, 3.8) is 0 Å². The molecule has 0 bridgehead atoms. The first-order chi connectivity index (χ1) is 25.6. The molecule has 0 aliphatic carbocycles. The zero-order valence-electron chi connectivity index (χ0n) is 32.8. The summed E-state index contributed by atoms with van der Waals surface area (Å²) in [6, 6.07) is 22.8. The highest BCUT2D eigenvalue weighted by Crippen LogP contribution is 2.27. The fourth-order valence-electron chi connectivity index (χ4n) is 4.64. The zero-order chi connectivity index (χ0) is 42.2. The third-order valence-corrected chi connectivity index (χ3v) is 8.95. The molecule has 0 saturated carbocycles. The molecule has 0 atom stereocenters. The van der Waals surface area contributed by atoms with Gasteiger partial charge in [-0.05, 0) is 99.9 Å². The third kappa shape index (κ3) is 17.0. The Morgan fingerprint density at radius 3 is 1.27 bits per heavy atom. The molecule has 0 aliphatic heterocycles. The monoisotopic (exact) mass is 828 g/mol. The van der Waals surface area contributed by atoms with Crippen molar-refractivity contribution in [2.24, 2.45) is 0 Å². The fraction of sp³-hybridized carbons (Fsp3) is 0.333. The smallest absolute Gasteiger partial charge is 0.148 e. The Bertz CT molecular complexity index is 1900. The lowest BCUT2D eigenvalue weighted by Crippen LogP contribution is -1.95. The van der Waals surface area contributed by atoms with Gasteiger partial charge < -0.3 is 0 Å². The van der Waals surface area contributed by atoms with E-state index in [1.807, 2.05) is 67.5 Å². The summed E-state index contributed by atoms with van der Waals surface area (Å²) in [6.07, 6.45) is 0. The minimum atomic E-state index is -0.710. The first-order valence-electron chi connectivity index (χ1n) is 17.8. The lowest BCUT2D eigenvalue weighted by molar-refractivity contribution is 0.564. The largest absolute Gasteiger partial charge is 0.207 e. The maximum atomic E-state index is 13.1. The minimum absolute atomic E-state index is 0.0168. The van der Waals surface area contributed by atoms with Crippen LogP contribution in [0.2, 0.25) is 15.1 Å². The lowest BCUT2D eigenvalue weighted by Gasteiger charge is -2.07. The fourth-order valence-corrected chi connectivity index (χ4v) is 5.18. The molecule has 0 heterocycles. The van der Waals surface area contributed by atoms with E-state index in [1.54, 1.807) is 30.3 Å². The van der Waals surface area contributed by atoms with Crippen LogP contribution < -0.4 is 0 Å². The van der Waals surface area contributed by atoms with Gasteiger partial charge >= 0.3 is 0 Å². The predicted octanol–water partition coefficient (Wildman–Crippen LogP) is 17.0. The zero-order valence-corrected chi connectivity index (χ0v) is 35.1. The van der Waals surface area contributed by atoms with Gasteiger partial charge in [0, 0.05) is 6.07 Å². The minimum Gasteiger partial charge on any atom is -0.207 e. The second kappa shape index (κ2) is 24.2. The van der Waals surface area contributed by atoms with Crippen LogP contribution >= 0.6 is 34.8 Å². The molecular weight excluding hydrogens is 780 g/mol. The van der Waals surface area contributed by atoms with Gasteiger partial charge in [0.15, 0.2) is 0 Å². The molecule has 10 heteroatoms. The van der Waals surface area contributed by atoms with Crippen molar-refractivity contribution in [3.8, 4) is 0 Å². The molecule has 0 unspecified atom stereocenters. The quantitative estimate of drug-likeness (QED) is 0.122. The molecule has 5 aromatic rings. The van der Waals surface area contributed by atoms with E-state index in [1.165, 1.54) is 48.0 Å². The van der Waals surface area contributed by atoms with Crippen LogP contribution in [0.4, 0.5) is 30.7 Å². The average Bonchev–Trinajstić information content (AvgIpc) is 3.10. The van der Waals surface area contributed by atoms with Crippen LogP contribution in [0.5, 0.6) is 0 Å². The highest BCUT2D eigenvalue weighted by molar-refractivity contribution is 6.31. The average molecular weight is 830 g/mol. The van der Waals surface area contributed by atoms with Gasteiger partial charge in [-0.2, -0.15) is 0 Å². The summed E-state index contributed by atoms with van der Waals surface area (Å²) in [6.45, 7) is 19.5. The lowest BCUT2D eigenvalue weighted by atomic mass is 10.0. The van der Waals surface area contributed by atoms with Crippen LogP contribution in [0.25, 0.3) is 0 Å². The number of hydrogen-bond donors (Lipinski definition) is 0. The summed E-state index contributed by atoms with van der Waals surface area (Å²) in [5, 5.41) is -0.00593. The van der Waals surface area contributed by atoms with E-state index in [4.69, 9.17) is 34.8 Å². The summed E-state index contributed by atoms with van der Waals surface area (Å²) < 4.78 is 89.1. The van der Waals surface area contributed by atoms with Gasteiger partial charge in [-0.25, -0.2) is 30.7 Å². The standard InChI is InChI=1S/C9H9ClF2.2C9H10ClF.C9H10F2.C9H11F/c1-5(2)6-3-4-7(11)8(10)9(6)12;1-6(2)7-3-4-9(11)8(10)5-7;1-6(2)7-4-3-5-8(10)9(7)11;1-6(2)8-4-3-7(10)5-9(8)11;1-7(2)8-3-5-9(10)6-4-8/h3-5H,1-2H3;3*3-6H,1-2H3;3-7H,1-2H3. The maximum Gasteiger partial charge on any atom is 0.148 e. The molecule has 5 rings (SSSR count). The molecule has 0 aromatic heterocycles. The molecular formula is C45H50Cl3F7. The Morgan fingerprint density at radius 1 is 0.364 bits per heavy atom.